The third-order valence-corrected chi connectivity index (χ3v) is 4.15. The molecule has 0 saturated carbocycles. The lowest BCUT2D eigenvalue weighted by Crippen LogP contribution is -2.30. The van der Waals surface area contributed by atoms with Gasteiger partial charge in [0.25, 0.3) is 0 Å². The smallest absolute Gasteiger partial charge is 0.157 e. The summed E-state index contributed by atoms with van der Waals surface area (Å²) in [6.07, 6.45) is 8.83. The molecule has 18 heavy (non-hydrogen) atoms. The van der Waals surface area contributed by atoms with Crippen LogP contribution in [0, 0.1) is 0 Å². The van der Waals surface area contributed by atoms with E-state index in [4.69, 9.17) is 4.98 Å². The molecule has 1 fully saturated rings. The molecule has 3 heterocycles. The standard InChI is InChI=1S/C13H17BrN4/c14-7-1-3-11-4-2-9-17(11)12-6-10-18-13(16-12)5-8-15-18/h5-6,8,10-11H,1-4,7,9H2. The van der Waals surface area contributed by atoms with E-state index in [1.807, 2.05) is 16.8 Å². The maximum atomic E-state index is 4.69. The van der Waals surface area contributed by atoms with Gasteiger partial charge in [-0.2, -0.15) is 5.10 Å². The van der Waals surface area contributed by atoms with Crippen molar-refractivity contribution in [2.45, 2.75) is 31.7 Å². The molecule has 1 saturated heterocycles. The number of halogens is 1. The minimum absolute atomic E-state index is 0.653. The molecule has 96 valence electrons. The fourth-order valence-corrected chi connectivity index (χ4v) is 3.04. The topological polar surface area (TPSA) is 33.4 Å². The Balaban J connectivity index is 1.83. The molecule has 2 aromatic heterocycles. The number of hydrogen-bond donors (Lipinski definition) is 0. The second-order valence-electron chi connectivity index (χ2n) is 4.74. The third kappa shape index (κ3) is 2.23. The average Bonchev–Trinajstić information content (AvgIpc) is 3.03. The Morgan fingerprint density at radius 3 is 3.22 bits per heavy atom. The number of alkyl halides is 1. The highest BCUT2D eigenvalue weighted by molar-refractivity contribution is 9.09. The number of hydrogen-bond acceptors (Lipinski definition) is 3. The Labute approximate surface area is 115 Å². The largest absolute Gasteiger partial charge is 0.354 e. The van der Waals surface area contributed by atoms with Gasteiger partial charge in [-0.25, -0.2) is 9.50 Å². The van der Waals surface area contributed by atoms with E-state index in [1.54, 1.807) is 6.20 Å². The minimum Gasteiger partial charge on any atom is -0.354 e. The van der Waals surface area contributed by atoms with Crippen LogP contribution in [0.25, 0.3) is 5.65 Å². The van der Waals surface area contributed by atoms with Crippen molar-refractivity contribution in [3.63, 3.8) is 0 Å². The zero-order valence-corrected chi connectivity index (χ0v) is 11.9. The van der Waals surface area contributed by atoms with Gasteiger partial charge >= 0.3 is 0 Å². The summed E-state index contributed by atoms with van der Waals surface area (Å²) in [5.41, 5.74) is 0.929. The van der Waals surface area contributed by atoms with Gasteiger partial charge < -0.3 is 4.90 Å². The molecular weight excluding hydrogens is 292 g/mol. The monoisotopic (exact) mass is 308 g/mol. The van der Waals surface area contributed by atoms with Crippen molar-refractivity contribution in [3.05, 3.63) is 24.5 Å². The summed E-state index contributed by atoms with van der Waals surface area (Å²) >= 11 is 3.51. The molecule has 5 heteroatoms. The van der Waals surface area contributed by atoms with Gasteiger partial charge in [0.15, 0.2) is 5.65 Å². The molecule has 1 aliphatic heterocycles. The van der Waals surface area contributed by atoms with Gasteiger partial charge in [-0.05, 0) is 31.7 Å². The minimum atomic E-state index is 0.653. The predicted molar refractivity (Wildman–Crippen MR) is 76.4 cm³/mol. The first-order valence-electron chi connectivity index (χ1n) is 6.51. The van der Waals surface area contributed by atoms with Crippen molar-refractivity contribution in [2.24, 2.45) is 0 Å². The highest BCUT2D eigenvalue weighted by Gasteiger charge is 2.25. The molecule has 0 N–H and O–H groups in total. The average molecular weight is 309 g/mol. The van der Waals surface area contributed by atoms with Crippen LogP contribution in [0.4, 0.5) is 5.82 Å². The first-order chi connectivity index (χ1) is 8.88. The van der Waals surface area contributed by atoms with Crippen LogP contribution in [0.15, 0.2) is 24.5 Å². The number of rotatable bonds is 4. The molecular formula is C13H17BrN4. The predicted octanol–water partition coefficient (Wildman–Crippen LogP) is 2.87. The van der Waals surface area contributed by atoms with Crippen LogP contribution in [0.1, 0.15) is 25.7 Å². The Morgan fingerprint density at radius 1 is 1.39 bits per heavy atom. The maximum absolute atomic E-state index is 4.69. The van der Waals surface area contributed by atoms with E-state index in [-0.39, 0.29) is 0 Å². The Kier molecular flexibility index (Phi) is 3.50. The zero-order valence-electron chi connectivity index (χ0n) is 10.3. The summed E-state index contributed by atoms with van der Waals surface area (Å²) < 4.78 is 1.81. The van der Waals surface area contributed by atoms with Crippen molar-refractivity contribution in [2.75, 3.05) is 16.8 Å². The van der Waals surface area contributed by atoms with E-state index in [1.165, 1.54) is 25.7 Å². The summed E-state index contributed by atoms with van der Waals surface area (Å²) in [6.45, 7) is 1.13. The van der Waals surface area contributed by atoms with Gasteiger partial charge in [-0.15, -0.1) is 0 Å². The maximum Gasteiger partial charge on any atom is 0.157 e. The van der Waals surface area contributed by atoms with Crippen LogP contribution in [0.3, 0.4) is 0 Å². The van der Waals surface area contributed by atoms with Crippen LogP contribution in [-0.2, 0) is 0 Å². The van der Waals surface area contributed by atoms with Crippen molar-refractivity contribution in [3.8, 4) is 0 Å². The summed E-state index contributed by atoms with van der Waals surface area (Å²) in [5.74, 6) is 1.10. The molecule has 3 rings (SSSR count). The third-order valence-electron chi connectivity index (χ3n) is 3.59. The van der Waals surface area contributed by atoms with Crippen LogP contribution >= 0.6 is 15.9 Å². The van der Waals surface area contributed by atoms with Crippen molar-refractivity contribution >= 4 is 27.4 Å². The number of nitrogens with zero attached hydrogens (tertiary/aromatic N) is 4. The van der Waals surface area contributed by atoms with Crippen LogP contribution < -0.4 is 4.90 Å². The summed E-state index contributed by atoms with van der Waals surface area (Å²) in [6, 6.07) is 4.68. The summed E-state index contributed by atoms with van der Waals surface area (Å²) in [7, 11) is 0. The fourth-order valence-electron chi connectivity index (χ4n) is 2.71. The van der Waals surface area contributed by atoms with Crippen LogP contribution in [0.5, 0.6) is 0 Å². The molecule has 4 nitrogen and oxygen atoms in total. The van der Waals surface area contributed by atoms with Gasteiger partial charge in [0.1, 0.15) is 5.82 Å². The molecule has 0 bridgehead atoms. The van der Waals surface area contributed by atoms with E-state index in [0.29, 0.717) is 6.04 Å². The van der Waals surface area contributed by atoms with E-state index in [2.05, 4.69) is 32.0 Å². The van der Waals surface area contributed by atoms with Crippen molar-refractivity contribution in [1.29, 1.82) is 0 Å². The lowest BCUT2D eigenvalue weighted by atomic mass is 10.1. The van der Waals surface area contributed by atoms with Crippen molar-refractivity contribution < 1.29 is 0 Å². The molecule has 0 aliphatic carbocycles. The van der Waals surface area contributed by atoms with Crippen LogP contribution in [0.2, 0.25) is 0 Å². The van der Waals surface area contributed by atoms with Gasteiger partial charge in [-0.1, -0.05) is 15.9 Å². The molecule has 1 atom stereocenters. The number of aromatic nitrogens is 3. The molecule has 2 aromatic rings. The van der Waals surface area contributed by atoms with E-state index >= 15 is 0 Å². The van der Waals surface area contributed by atoms with Crippen LogP contribution in [-0.4, -0.2) is 32.5 Å². The fraction of sp³-hybridized carbons (Fsp3) is 0.538. The summed E-state index contributed by atoms with van der Waals surface area (Å²) in [5, 5.41) is 5.27. The lowest BCUT2D eigenvalue weighted by molar-refractivity contribution is 0.600. The van der Waals surface area contributed by atoms with Gasteiger partial charge in [0.05, 0.1) is 6.20 Å². The molecule has 1 aliphatic rings. The normalized spacial score (nSPS) is 19.8. The molecule has 1 unspecified atom stereocenters. The Hall–Kier alpha value is -1.10. The Bertz CT molecular complexity index is 524. The lowest BCUT2D eigenvalue weighted by Gasteiger charge is -2.25. The van der Waals surface area contributed by atoms with Gasteiger partial charge in [0, 0.05) is 30.2 Å². The SMILES string of the molecule is BrCCCC1CCCN1c1ccn2nccc2n1. The molecule has 0 spiro atoms. The Morgan fingerprint density at radius 2 is 2.33 bits per heavy atom. The molecule has 0 amide bonds. The van der Waals surface area contributed by atoms with E-state index in [9.17, 15) is 0 Å². The second-order valence-corrected chi connectivity index (χ2v) is 5.53. The van der Waals surface area contributed by atoms with Gasteiger partial charge in [-0.3, -0.25) is 0 Å². The number of anilines is 1. The molecule has 0 radical (unpaired) electrons. The first kappa shape index (κ1) is 12.0. The second kappa shape index (κ2) is 5.26. The summed E-state index contributed by atoms with van der Waals surface area (Å²) in [4.78, 5) is 7.14. The first-order valence-corrected chi connectivity index (χ1v) is 7.63. The van der Waals surface area contributed by atoms with Crippen molar-refractivity contribution in [1.82, 2.24) is 14.6 Å². The highest BCUT2D eigenvalue weighted by atomic mass is 79.9. The van der Waals surface area contributed by atoms with Gasteiger partial charge in [0.2, 0.25) is 0 Å². The number of fused-ring (bicyclic) bond motifs is 1. The highest BCUT2D eigenvalue weighted by Crippen LogP contribution is 2.27. The molecule has 0 aromatic carbocycles. The zero-order chi connectivity index (χ0) is 12.4. The quantitative estimate of drug-likeness (QED) is 0.814. The van der Waals surface area contributed by atoms with E-state index in [0.717, 1.165) is 23.3 Å². The van der Waals surface area contributed by atoms with E-state index < -0.39 is 0 Å².